The van der Waals surface area contributed by atoms with E-state index in [1.807, 2.05) is 31.2 Å². The summed E-state index contributed by atoms with van der Waals surface area (Å²) >= 11 is 1.22. The highest BCUT2D eigenvalue weighted by atomic mass is 32.2. The number of hydrogen-bond donors (Lipinski definition) is 2. The average Bonchev–Trinajstić information content (AvgIpc) is 3.09. The van der Waals surface area contributed by atoms with Gasteiger partial charge in [0.2, 0.25) is 0 Å². The Labute approximate surface area is 183 Å². The summed E-state index contributed by atoms with van der Waals surface area (Å²) in [5.41, 5.74) is 1.40. The van der Waals surface area contributed by atoms with Gasteiger partial charge in [-0.1, -0.05) is 6.07 Å². The molecule has 1 saturated heterocycles. The van der Waals surface area contributed by atoms with E-state index in [1.165, 1.54) is 25.8 Å². The zero-order chi connectivity index (χ0) is 22.4. The van der Waals surface area contributed by atoms with E-state index in [-0.39, 0.29) is 5.91 Å². The minimum atomic E-state index is -1.08. The third-order valence-corrected chi connectivity index (χ3v) is 5.08. The molecular weight excluding hydrogens is 420 g/mol. The normalized spacial score (nSPS) is 16.8. The lowest BCUT2D eigenvalue weighted by atomic mass is 10.2. The number of amidine groups is 1. The molecule has 1 unspecified atom stereocenters. The average molecular weight is 442 g/mol. The number of carbonyl (C=O) groups is 2. The number of ether oxygens (including phenoxy) is 3. The maximum atomic E-state index is 12.3. The minimum absolute atomic E-state index is 0.256. The Balaban J connectivity index is 1.76. The molecule has 1 atom stereocenters. The van der Waals surface area contributed by atoms with Crippen LogP contribution >= 0.6 is 11.8 Å². The second-order valence-corrected chi connectivity index (χ2v) is 7.45. The molecule has 1 aliphatic rings. The molecule has 1 heterocycles. The van der Waals surface area contributed by atoms with Gasteiger partial charge >= 0.3 is 5.97 Å². The number of amides is 1. The summed E-state index contributed by atoms with van der Waals surface area (Å²) in [6.07, 6.45) is 0.684. The molecule has 3 rings (SSSR count). The topological polar surface area (TPSA) is 106 Å². The number of methoxy groups -OCH3 is 1. The highest BCUT2D eigenvalue weighted by Gasteiger charge is 2.24. The van der Waals surface area contributed by atoms with Crippen molar-refractivity contribution in [2.24, 2.45) is 4.99 Å². The molecule has 0 spiro atoms. The molecule has 2 aromatic rings. The Kier molecular flexibility index (Phi) is 7.19. The molecule has 0 radical (unpaired) electrons. The lowest BCUT2D eigenvalue weighted by Crippen LogP contribution is -2.23. The Morgan fingerprint density at radius 3 is 2.61 bits per heavy atom. The maximum absolute atomic E-state index is 12.3. The Morgan fingerprint density at radius 2 is 1.97 bits per heavy atom. The van der Waals surface area contributed by atoms with Crippen LogP contribution in [0, 0.1) is 0 Å². The Morgan fingerprint density at radius 1 is 1.23 bits per heavy atom. The van der Waals surface area contributed by atoms with E-state index in [0.717, 1.165) is 5.75 Å². The summed E-state index contributed by atoms with van der Waals surface area (Å²) in [6, 6.07) is 12.3. The van der Waals surface area contributed by atoms with Crippen LogP contribution in [0.3, 0.4) is 0 Å². The summed E-state index contributed by atoms with van der Waals surface area (Å²) in [5, 5.41) is 12.2. The predicted octanol–water partition coefficient (Wildman–Crippen LogP) is 3.84. The van der Waals surface area contributed by atoms with E-state index < -0.39 is 12.1 Å². The largest absolute Gasteiger partial charge is 0.494 e. The lowest BCUT2D eigenvalue weighted by molar-refractivity contribution is -0.144. The first kappa shape index (κ1) is 22.2. The molecule has 1 amide bonds. The van der Waals surface area contributed by atoms with Gasteiger partial charge in [-0.05, 0) is 73.6 Å². The van der Waals surface area contributed by atoms with E-state index in [9.17, 15) is 9.59 Å². The first-order valence-electron chi connectivity index (χ1n) is 9.49. The summed E-state index contributed by atoms with van der Waals surface area (Å²) in [7, 11) is 1.46. The van der Waals surface area contributed by atoms with Crippen LogP contribution in [-0.2, 0) is 9.59 Å². The standard InChI is InChI=1S/C22H22N2O6S/c1-4-29-16-8-6-15(7-9-16)23-22-24-20(25)19(31-22)12-14-5-10-17(18(11-14)28-3)30-13(2)21(26)27/h5-13H,4H2,1-3H3,(H,26,27)(H,23,24,25)/b19-12-. The molecule has 162 valence electrons. The van der Waals surface area contributed by atoms with Gasteiger partial charge in [0.05, 0.1) is 24.3 Å². The van der Waals surface area contributed by atoms with Crippen molar-refractivity contribution in [2.75, 3.05) is 13.7 Å². The van der Waals surface area contributed by atoms with Crippen LogP contribution in [0.15, 0.2) is 52.4 Å². The van der Waals surface area contributed by atoms with Gasteiger partial charge in [-0.25, -0.2) is 9.79 Å². The number of aliphatic carboxylic acids is 1. The molecule has 9 heteroatoms. The summed E-state index contributed by atoms with van der Waals surface area (Å²) in [5.74, 6) is 0.101. The highest BCUT2D eigenvalue weighted by Crippen LogP contribution is 2.33. The van der Waals surface area contributed by atoms with Crippen molar-refractivity contribution >= 4 is 40.6 Å². The summed E-state index contributed by atoms with van der Waals surface area (Å²) in [4.78, 5) is 28.3. The number of carbonyl (C=O) groups excluding carboxylic acids is 1. The van der Waals surface area contributed by atoms with Crippen LogP contribution in [-0.4, -0.2) is 42.0 Å². The molecule has 1 fully saturated rings. The third kappa shape index (κ3) is 5.79. The van der Waals surface area contributed by atoms with Crippen molar-refractivity contribution in [1.82, 2.24) is 5.32 Å². The zero-order valence-corrected chi connectivity index (χ0v) is 18.1. The molecule has 0 bridgehead atoms. The number of carboxylic acid groups (broad SMARTS) is 1. The molecule has 0 aromatic heterocycles. The van der Waals surface area contributed by atoms with E-state index >= 15 is 0 Å². The van der Waals surface area contributed by atoms with Crippen LogP contribution in [0.1, 0.15) is 19.4 Å². The highest BCUT2D eigenvalue weighted by molar-refractivity contribution is 8.18. The monoisotopic (exact) mass is 442 g/mol. The molecular formula is C22H22N2O6S. The van der Waals surface area contributed by atoms with E-state index in [0.29, 0.717) is 39.4 Å². The molecule has 31 heavy (non-hydrogen) atoms. The van der Waals surface area contributed by atoms with Crippen molar-refractivity contribution < 1.29 is 28.9 Å². The number of carboxylic acids is 1. The first-order chi connectivity index (χ1) is 14.9. The van der Waals surface area contributed by atoms with Gasteiger partial charge in [0.1, 0.15) is 5.75 Å². The van der Waals surface area contributed by atoms with Crippen LogP contribution in [0.2, 0.25) is 0 Å². The zero-order valence-electron chi connectivity index (χ0n) is 17.2. The van der Waals surface area contributed by atoms with Crippen LogP contribution in [0.4, 0.5) is 5.69 Å². The van der Waals surface area contributed by atoms with Crippen molar-refractivity contribution in [3.63, 3.8) is 0 Å². The third-order valence-electron chi connectivity index (χ3n) is 4.17. The van der Waals surface area contributed by atoms with Crippen LogP contribution in [0.5, 0.6) is 17.2 Å². The number of hydrogen-bond acceptors (Lipinski definition) is 7. The van der Waals surface area contributed by atoms with E-state index in [4.69, 9.17) is 19.3 Å². The number of nitrogens with one attached hydrogen (secondary N) is 1. The lowest BCUT2D eigenvalue weighted by Gasteiger charge is -2.14. The smallest absolute Gasteiger partial charge is 0.344 e. The number of thioether (sulfide) groups is 1. The minimum Gasteiger partial charge on any atom is -0.494 e. The molecule has 0 saturated carbocycles. The molecule has 1 aliphatic heterocycles. The van der Waals surface area contributed by atoms with Gasteiger partial charge in [0, 0.05) is 0 Å². The van der Waals surface area contributed by atoms with Gasteiger partial charge in [-0.2, -0.15) is 0 Å². The van der Waals surface area contributed by atoms with E-state index in [2.05, 4.69) is 10.3 Å². The molecule has 8 nitrogen and oxygen atoms in total. The van der Waals surface area contributed by atoms with Crippen molar-refractivity contribution in [3.05, 3.63) is 52.9 Å². The van der Waals surface area contributed by atoms with Gasteiger partial charge in [0.25, 0.3) is 5.91 Å². The second kappa shape index (κ2) is 10.0. The van der Waals surface area contributed by atoms with E-state index in [1.54, 1.807) is 24.3 Å². The number of aliphatic imine (C=N–C) groups is 1. The van der Waals surface area contributed by atoms with Crippen molar-refractivity contribution in [1.29, 1.82) is 0 Å². The Bertz CT molecular complexity index is 1030. The Hall–Kier alpha value is -3.46. The number of nitrogens with zero attached hydrogens (tertiary/aromatic N) is 1. The van der Waals surface area contributed by atoms with Crippen molar-refractivity contribution in [3.8, 4) is 17.2 Å². The van der Waals surface area contributed by atoms with Crippen molar-refractivity contribution in [2.45, 2.75) is 20.0 Å². The first-order valence-corrected chi connectivity index (χ1v) is 10.3. The molecule has 0 aliphatic carbocycles. The molecule has 2 aromatic carbocycles. The number of benzene rings is 2. The fourth-order valence-corrected chi connectivity index (χ4v) is 3.49. The van der Waals surface area contributed by atoms with Gasteiger partial charge < -0.3 is 24.6 Å². The molecule has 2 N–H and O–H groups in total. The maximum Gasteiger partial charge on any atom is 0.344 e. The SMILES string of the molecule is CCOc1ccc(N=C2NC(=O)/C(=C/c3ccc(OC(C)C(=O)O)c(OC)c3)S2)cc1. The fraction of sp³-hybridized carbons (Fsp3) is 0.227. The number of rotatable bonds is 8. The summed E-state index contributed by atoms with van der Waals surface area (Å²) < 4.78 is 16.1. The van der Waals surface area contributed by atoms with Gasteiger partial charge in [0.15, 0.2) is 22.8 Å². The fourth-order valence-electron chi connectivity index (χ4n) is 2.64. The quantitative estimate of drug-likeness (QED) is 0.598. The van der Waals surface area contributed by atoms with Crippen LogP contribution < -0.4 is 19.5 Å². The predicted molar refractivity (Wildman–Crippen MR) is 119 cm³/mol. The van der Waals surface area contributed by atoms with Gasteiger partial charge in [-0.3, -0.25) is 4.79 Å². The van der Waals surface area contributed by atoms with Gasteiger partial charge in [-0.15, -0.1) is 0 Å². The van der Waals surface area contributed by atoms with Crippen LogP contribution in [0.25, 0.3) is 6.08 Å². The summed E-state index contributed by atoms with van der Waals surface area (Å²) in [6.45, 7) is 3.94. The second-order valence-electron chi connectivity index (χ2n) is 6.42.